The first kappa shape index (κ1) is 12.9. The zero-order chi connectivity index (χ0) is 12.3. The molecule has 1 heterocycles. The van der Waals surface area contributed by atoms with Crippen molar-refractivity contribution in [3.8, 4) is 5.75 Å². The second kappa shape index (κ2) is 5.85. The topological polar surface area (TPSA) is 21.7 Å². The Morgan fingerprint density at radius 3 is 2.82 bits per heavy atom. The Hall–Kier alpha value is -0.580. The van der Waals surface area contributed by atoms with Crippen molar-refractivity contribution in [1.29, 1.82) is 0 Å². The van der Waals surface area contributed by atoms with E-state index in [1.807, 2.05) is 6.07 Å². The number of methoxy groups -OCH3 is 2. The van der Waals surface area contributed by atoms with E-state index < -0.39 is 0 Å². The van der Waals surface area contributed by atoms with E-state index in [0.717, 1.165) is 36.3 Å². The zero-order valence-electron chi connectivity index (χ0n) is 10.3. The van der Waals surface area contributed by atoms with Gasteiger partial charge in [0.25, 0.3) is 0 Å². The quantitative estimate of drug-likeness (QED) is 0.853. The molecule has 0 amide bonds. The van der Waals surface area contributed by atoms with Crippen LogP contribution >= 0.6 is 15.9 Å². The normalized spacial score (nSPS) is 20.8. The molecule has 0 radical (unpaired) electrons. The lowest BCUT2D eigenvalue weighted by atomic mass is 10.2. The van der Waals surface area contributed by atoms with Crippen LogP contribution in [0.3, 0.4) is 0 Å². The molecule has 1 aliphatic rings. The van der Waals surface area contributed by atoms with Gasteiger partial charge in [-0.25, -0.2) is 0 Å². The van der Waals surface area contributed by atoms with Gasteiger partial charge in [0.1, 0.15) is 5.75 Å². The maximum atomic E-state index is 5.37. The van der Waals surface area contributed by atoms with Gasteiger partial charge in [-0.15, -0.1) is 0 Å². The average molecular weight is 300 g/mol. The lowest BCUT2D eigenvalue weighted by Gasteiger charge is -2.16. The van der Waals surface area contributed by atoms with Crippen molar-refractivity contribution in [3.63, 3.8) is 0 Å². The molecule has 0 unspecified atom stereocenters. The van der Waals surface area contributed by atoms with E-state index in [2.05, 4.69) is 33.0 Å². The molecule has 0 N–H and O–H groups in total. The molecule has 0 aliphatic carbocycles. The fourth-order valence-corrected chi connectivity index (χ4v) is 2.79. The number of ether oxygens (including phenoxy) is 2. The third-order valence-corrected chi connectivity index (χ3v) is 3.80. The van der Waals surface area contributed by atoms with Crippen molar-refractivity contribution < 1.29 is 9.47 Å². The Balaban J connectivity index is 1.97. The molecule has 0 aromatic heterocycles. The van der Waals surface area contributed by atoms with Gasteiger partial charge in [-0.2, -0.15) is 0 Å². The molecule has 94 valence electrons. The standard InChI is InChI=1S/C13H18BrNO2/c1-16-11-5-6-15(9-11)8-10-3-4-13(17-2)12(14)7-10/h3-4,7,11H,5-6,8-9H2,1-2H3/t11-/m1/s1. The Morgan fingerprint density at radius 1 is 1.41 bits per heavy atom. The van der Waals surface area contributed by atoms with Crippen molar-refractivity contribution in [2.24, 2.45) is 0 Å². The molecular weight excluding hydrogens is 282 g/mol. The SMILES string of the molecule is COc1ccc(CN2CC[C@@H](OC)C2)cc1Br. The van der Waals surface area contributed by atoms with Crippen LogP contribution in [-0.2, 0) is 11.3 Å². The van der Waals surface area contributed by atoms with Crippen LogP contribution < -0.4 is 4.74 Å². The van der Waals surface area contributed by atoms with Crippen molar-refractivity contribution in [2.45, 2.75) is 19.1 Å². The molecular formula is C13H18BrNO2. The highest BCUT2D eigenvalue weighted by atomic mass is 79.9. The van der Waals surface area contributed by atoms with Gasteiger partial charge in [0.15, 0.2) is 0 Å². The van der Waals surface area contributed by atoms with Crippen LogP contribution in [0, 0.1) is 0 Å². The van der Waals surface area contributed by atoms with E-state index >= 15 is 0 Å². The minimum Gasteiger partial charge on any atom is -0.496 e. The van der Waals surface area contributed by atoms with Gasteiger partial charge >= 0.3 is 0 Å². The lowest BCUT2D eigenvalue weighted by molar-refractivity contribution is 0.107. The summed E-state index contributed by atoms with van der Waals surface area (Å²) in [5.41, 5.74) is 1.30. The summed E-state index contributed by atoms with van der Waals surface area (Å²) < 4.78 is 11.6. The largest absolute Gasteiger partial charge is 0.496 e. The molecule has 0 saturated carbocycles. The number of rotatable bonds is 4. The molecule has 1 fully saturated rings. The van der Waals surface area contributed by atoms with Crippen LogP contribution in [0.15, 0.2) is 22.7 Å². The van der Waals surface area contributed by atoms with Crippen LogP contribution in [-0.4, -0.2) is 38.3 Å². The number of hydrogen-bond acceptors (Lipinski definition) is 3. The van der Waals surface area contributed by atoms with Gasteiger partial charge in [-0.1, -0.05) is 6.07 Å². The molecule has 1 aliphatic heterocycles. The summed E-state index contributed by atoms with van der Waals surface area (Å²) in [6.07, 6.45) is 1.53. The summed E-state index contributed by atoms with van der Waals surface area (Å²) >= 11 is 3.51. The predicted molar refractivity (Wildman–Crippen MR) is 71.4 cm³/mol. The van der Waals surface area contributed by atoms with E-state index in [1.54, 1.807) is 14.2 Å². The number of nitrogens with zero attached hydrogens (tertiary/aromatic N) is 1. The summed E-state index contributed by atoms with van der Waals surface area (Å²) in [5, 5.41) is 0. The van der Waals surface area contributed by atoms with Gasteiger partial charge in [0.2, 0.25) is 0 Å². The smallest absolute Gasteiger partial charge is 0.133 e. The number of benzene rings is 1. The fourth-order valence-electron chi connectivity index (χ4n) is 2.20. The highest BCUT2D eigenvalue weighted by molar-refractivity contribution is 9.10. The fraction of sp³-hybridized carbons (Fsp3) is 0.538. The Labute approximate surface area is 111 Å². The number of hydrogen-bond donors (Lipinski definition) is 0. The highest BCUT2D eigenvalue weighted by Gasteiger charge is 2.21. The van der Waals surface area contributed by atoms with Crippen LogP contribution in [0.4, 0.5) is 0 Å². The second-order valence-corrected chi connectivity index (χ2v) is 5.20. The van der Waals surface area contributed by atoms with Gasteiger partial charge < -0.3 is 9.47 Å². The molecule has 1 aromatic rings. The van der Waals surface area contributed by atoms with Crippen LogP contribution in [0.25, 0.3) is 0 Å². The van der Waals surface area contributed by atoms with Gasteiger partial charge in [-0.3, -0.25) is 4.90 Å². The molecule has 17 heavy (non-hydrogen) atoms. The van der Waals surface area contributed by atoms with Crippen molar-refractivity contribution in [1.82, 2.24) is 4.90 Å². The van der Waals surface area contributed by atoms with E-state index in [4.69, 9.17) is 9.47 Å². The monoisotopic (exact) mass is 299 g/mol. The summed E-state index contributed by atoms with van der Waals surface area (Å²) in [7, 11) is 3.47. The number of likely N-dealkylation sites (tertiary alicyclic amines) is 1. The van der Waals surface area contributed by atoms with Crippen molar-refractivity contribution >= 4 is 15.9 Å². The Morgan fingerprint density at radius 2 is 2.24 bits per heavy atom. The van der Waals surface area contributed by atoms with Gasteiger partial charge in [0.05, 0.1) is 17.7 Å². The van der Waals surface area contributed by atoms with Crippen LogP contribution in [0.1, 0.15) is 12.0 Å². The first-order valence-electron chi connectivity index (χ1n) is 5.80. The molecule has 3 nitrogen and oxygen atoms in total. The third kappa shape index (κ3) is 3.21. The minimum absolute atomic E-state index is 0.400. The molecule has 1 aromatic carbocycles. The maximum Gasteiger partial charge on any atom is 0.133 e. The molecule has 1 atom stereocenters. The molecule has 1 saturated heterocycles. The van der Waals surface area contributed by atoms with Gasteiger partial charge in [-0.05, 0) is 40.0 Å². The molecule has 4 heteroatoms. The average Bonchev–Trinajstić information content (AvgIpc) is 2.77. The van der Waals surface area contributed by atoms with Crippen LogP contribution in [0.5, 0.6) is 5.75 Å². The van der Waals surface area contributed by atoms with Crippen LogP contribution in [0.2, 0.25) is 0 Å². The summed E-state index contributed by atoms with van der Waals surface area (Å²) in [6.45, 7) is 3.12. The van der Waals surface area contributed by atoms with E-state index in [0.29, 0.717) is 6.10 Å². The predicted octanol–water partition coefficient (Wildman–Crippen LogP) is 2.68. The molecule has 2 rings (SSSR count). The van der Waals surface area contributed by atoms with E-state index in [1.165, 1.54) is 5.56 Å². The summed E-state index contributed by atoms with van der Waals surface area (Å²) in [6, 6.07) is 6.24. The van der Waals surface area contributed by atoms with E-state index in [-0.39, 0.29) is 0 Å². The van der Waals surface area contributed by atoms with E-state index in [9.17, 15) is 0 Å². The van der Waals surface area contributed by atoms with Gasteiger partial charge in [0, 0.05) is 26.7 Å². The first-order chi connectivity index (χ1) is 8.22. The second-order valence-electron chi connectivity index (χ2n) is 4.35. The highest BCUT2D eigenvalue weighted by Crippen LogP contribution is 2.26. The minimum atomic E-state index is 0.400. The van der Waals surface area contributed by atoms with Crippen molar-refractivity contribution in [2.75, 3.05) is 27.3 Å². The lowest BCUT2D eigenvalue weighted by Crippen LogP contribution is -2.22. The Kier molecular flexibility index (Phi) is 4.42. The zero-order valence-corrected chi connectivity index (χ0v) is 11.9. The molecule has 0 spiro atoms. The maximum absolute atomic E-state index is 5.37. The first-order valence-corrected chi connectivity index (χ1v) is 6.60. The number of halogens is 1. The Bertz CT molecular complexity index is 384. The molecule has 0 bridgehead atoms. The summed E-state index contributed by atoms with van der Waals surface area (Å²) in [4.78, 5) is 2.42. The van der Waals surface area contributed by atoms with Crippen molar-refractivity contribution in [3.05, 3.63) is 28.2 Å². The third-order valence-electron chi connectivity index (χ3n) is 3.18. The summed E-state index contributed by atoms with van der Waals surface area (Å²) in [5.74, 6) is 0.880.